The zero-order chi connectivity index (χ0) is 26.9. The Morgan fingerprint density at radius 1 is 1.10 bits per heavy atom. The number of fused-ring (bicyclic) bond motifs is 1. The zero-order valence-corrected chi connectivity index (χ0v) is 22.5. The number of para-hydroxylation sites is 1. The molecule has 0 radical (unpaired) electrons. The van der Waals surface area contributed by atoms with Crippen molar-refractivity contribution in [3.63, 3.8) is 0 Å². The monoisotopic (exact) mass is 558 g/mol. The Balaban J connectivity index is 1.16. The number of thiophene rings is 1. The minimum absolute atomic E-state index is 0.0664. The third kappa shape index (κ3) is 4.93. The lowest BCUT2D eigenvalue weighted by Gasteiger charge is -2.20. The number of ether oxygens (including phenoxy) is 1. The van der Waals surface area contributed by atoms with Gasteiger partial charge in [0, 0.05) is 55.5 Å². The summed E-state index contributed by atoms with van der Waals surface area (Å²) < 4.78 is 23.9. The van der Waals surface area contributed by atoms with Gasteiger partial charge < -0.3 is 14.6 Å². The standard InChI is InChI=1S/C28H23FN6O2S2/c1-2-33-16-22(31-17-33)25-15-21-26(39-25)24(10-11-30-21)37-23-9-8-18(14-20(23)29)32-27(38)35-13-12-34(28(35)36)19-6-4-3-5-7-19/h3-11,14-17H,2,12-13H2,1H3,(H,32,38). The topological polar surface area (TPSA) is 75.5 Å². The van der Waals surface area contributed by atoms with Crippen molar-refractivity contribution in [2.75, 3.05) is 23.3 Å². The molecule has 0 aliphatic carbocycles. The first-order valence-electron chi connectivity index (χ1n) is 12.3. The number of urea groups is 1. The van der Waals surface area contributed by atoms with E-state index in [-0.39, 0.29) is 16.9 Å². The summed E-state index contributed by atoms with van der Waals surface area (Å²) in [6, 6.07) is 17.3. The number of thiocarbonyl (C=S) groups is 1. The number of nitrogens with zero attached hydrogens (tertiary/aromatic N) is 5. The van der Waals surface area contributed by atoms with Gasteiger partial charge in [-0.25, -0.2) is 14.2 Å². The van der Waals surface area contributed by atoms with E-state index in [2.05, 4.69) is 22.2 Å². The predicted molar refractivity (Wildman–Crippen MR) is 155 cm³/mol. The second-order valence-electron chi connectivity index (χ2n) is 8.82. The number of hydrogen-bond acceptors (Lipinski definition) is 6. The molecular weight excluding hydrogens is 535 g/mol. The van der Waals surface area contributed by atoms with Crippen LogP contribution >= 0.6 is 23.6 Å². The first kappa shape index (κ1) is 25.0. The molecule has 0 bridgehead atoms. The van der Waals surface area contributed by atoms with Gasteiger partial charge in [-0.1, -0.05) is 18.2 Å². The average molecular weight is 559 g/mol. The maximum Gasteiger partial charge on any atom is 0.330 e. The zero-order valence-electron chi connectivity index (χ0n) is 20.9. The summed E-state index contributed by atoms with van der Waals surface area (Å²) in [4.78, 5) is 25.9. The van der Waals surface area contributed by atoms with Crippen LogP contribution in [-0.2, 0) is 6.54 Å². The van der Waals surface area contributed by atoms with Crippen molar-refractivity contribution >= 4 is 56.3 Å². The van der Waals surface area contributed by atoms with Gasteiger partial charge in [-0.15, -0.1) is 11.3 Å². The molecule has 196 valence electrons. The summed E-state index contributed by atoms with van der Waals surface area (Å²) in [6.45, 7) is 3.83. The lowest BCUT2D eigenvalue weighted by Crippen LogP contribution is -2.38. The van der Waals surface area contributed by atoms with E-state index in [1.165, 1.54) is 28.4 Å². The van der Waals surface area contributed by atoms with E-state index in [4.69, 9.17) is 17.0 Å². The molecule has 5 aromatic rings. The number of nitrogens with one attached hydrogen (secondary N) is 1. The quantitative estimate of drug-likeness (QED) is 0.232. The number of benzene rings is 2. The Kier molecular flexibility index (Phi) is 6.67. The van der Waals surface area contributed by atoms with Crippen LogP contribution in [0.5, 0.6) is 11.5 Å². The molecule has 2 amide bonds. The molecule has 1 aliphatic rings. The normalized spacial score (nSPS) is 13.3. The summed E-state index contributed by atoms with van der Waals surface area (Å²) in [5.74, 6) is 0.00606. The van der Waals surface area contributed by atoms with Crippen molar-refractivity contribution < 1.29 is 13.9 Å². The Labute approximate surface area is 233 Å². The van der Waals surface area contributed by atoms with Crippen molar-refractivity contribution in [2.45, 2.75) is 13.5 Å². The minimum atomic E-state index is -0.565. The van der Waals surface area contributed by atoms with Crippen LogP contribution in [0.1, 0.15) is 6.92 Å². The lowest BCUT2D eigenvalue weighted by molar-refractivity contribution is 0.238. The highest BCUT2D eigenvalue weighted by Gasteiger charge is 2.32. The molecule has 0 atom stereocenters. The third-order valence-corrected chi connectivity index (χ3v) is 7.84. The van der Waals surface area contributed by atoms with Gasteiger partial charge in [0.2, 0.25) is 0 Å². The fourth-order valence-corrected chi connectivity index (χ4v) is 5.64. The molecule has 1 fully saturated rings. The number of carbonyl (C=O) groups is 1. The van der Waals surface area contributed by atoms with Crippen LogP contribution in [0, 0.1) is 5.82 Å². The smallest absolute Gasteiger partial charge is 0.330 e. The Bertz CT molecular complexity index is 1690. The van der Waals surface area contributed by atoms with Gasteiger partial charge >= 0.3 is 6.03 Å². The highest BCUT2D eigenvalue weighted by atomic mass is 32.1. The SMILES string of the molecule is CCn1cnc(-c2cc3nccc(Oc4ccc(NC(=S)N5CCN(c6ccccc6)C5=O)cc4F)c3s2)c1. The third-order valence-electron chi connectivity index (χ3n) is 6.35. The van der Waals surface area contributed by atoms with E-state index in [0.29, 0.717) is 24.5 Å². The van der Waals surface area contributed by atoms with Crippen molar-refractivity contribution in [3.05, 3.63) is 85.2 Å². The molecule has 0 spiro atoms. The van der Waals surface area contributed by atoms with Crippen LogP contribution in [-0.4, -0.2) is 43.7 Å². The summed E-state index contributed by atoms with van der Waals surface area (Å²) in [5, 5.41) is 3.18. The van der Waals surface area contributed by atoms with Crippen molar-refractivity contribution in [1.82, 2.24) is 19.4 Å². The van der Waals surface area contributed by atoms with E-state index in [1.807, 2.05) is 47.2 Å². The number of pyridine rings is 1. The molecule has 6 rings (SSSR count). The Morgan fingerprint density at radius 2 is 1.95 bits per heavy atom. The van der Waals surface area contributed by atoms with Gasteiger partial charge in [0.1, 0.15) is 5.75 Å². The number of halogens is 1. The molecule has 11 heteroatoms. The van der Waals surface area contributed by atoms with Gasteiger partial charge in [0.15, 0.2) is 16.7 Å². The molecular formula is C28H23FN6O2S2. The number of carbonyl (C=O) groups excluding carboxylic acids is 1. The number of aryl methyl sites for hydroxylation is 1. The molecule has 1 aliphatic heterocycles. The molecule has 0 saturated carbocycles. The second kappa shape index (κ2) is 10.4. The van der Waals surface area contributed by atoms with Crippen LogP contribution in [0.25, 0.3) is 20.8 Å². The molecule has 39 heavy (non-hydrogen) atoms. The lowest BCUT2D eigenvalue weighted by atomic mass is 10.3. The maximum atomic E-state index is 15.1. The highest BCUT2D eigenvalue weighted by Crippen LogP contribution is 2.39. The number of hydrogen-bond donors (Lipinski definition) is 1. The van der Waals surface area contributed by atoms with E-state index < -0.39 is 5.82 Å². The van der Waals surface area contributed by atoms with Gasteiger partial charge in [0.25, 0.3) is 0 Å². The van der Waals surface area contributed by atoms with Crippen LogP contribution in [0.4, 0.5) is 20.6 Å². The van der Waals surface area contributed by atoms with Gasteiger partial charge in [-0.2, -0.15) is 0 Å². The molecule has 3 aromatic heterocycles. The molecule has 4 heterocycles. The minimum Gasteiger partial charge on any atom is -0.453 e. The van der Waals surface area contributed by atoms with E-state index in [1.54, 1.807) is 29.6 Å². The summed E-state index contributed by atoms with van der Waals surface area (Å²) >= 11 is 6.96. The molecule has 8 nitrogen and oxygen atoms in total. The summed E-state index contributed by atoms with van der Waals surface area (Å²) in [5.41, 5.74) is 2.83. The number of imidazole rings is 1. The van der Waals surface area contributed by atoms with Gasteiger partial charge in [-0.05, 0) is 49.5 Å². The fraction of sp³-hybridized carbons (Fsp3) is 0.143. The first-order chi connectivity index (χ1) is 19.0. The number of aromatic nitrogens is 3. The van der Waals surface area contributed by atoms with Crippen molar-refractivity contribution in [3.8, 4) is 22.1 Å². The second-order valence-corrected chi connectivity index (χ2v) is 10.3. The Hall–Kier alpha value is -4.35. The van der Waals surface area contributed by atoms with Crippen LogP contribution in [0.15, 0.2) is 79.4 Å². The van der Waals surface area contributed by atoms with E-state index in [0.717, 1.165) is 33.0 Å². The number of anilines is 2. The van der Waals surface area contributed by atoms with Crippen molar-refractivity contribution in [2.24, 2.45) is 0 Å². The van der Waals surface area contributed by atoms with Crippen molar-refractivity contribution in [1.29, 1.82) is 0 Å². The number of amides is 2. The first-order valence-corrected chi connectivity index (χ1v) is 13.6. The van der Waals surface area contributed by atoms with Crippen LogP contribution < -0.4 is 15.0 Å². The maximum absolute atomic E-state index is 15.1. The van der Waals surface area contributed by atoms with Crippen LogP contribution in [0.2, 0.25) is 0 Å². The Morgan fingerprint density at radius 3 is 2.72 bits per heavy atom. The average Bonchev–Trinajstić information content (AvgIpc) is 3.69. The molecule has 1 saturated heterocycles. The van der Waals surface area contributed by atoms with Crippen LogP contribution in [0.3, 0.4) is 0 Å². The highest BCUT2D eigenvalue weighted by molar-refractivity contribution is 7.80. The fourth-order valence-electron chi connectivity index (χ4n) is 4.33. The molecule has 1 N–H and O–H groups in total. The van der Waals surface area contributed by atoms with E-state index in [9.17, 15) is 4.79 Å². The van der Waals surface area contributed by atoms with Gasteiger partial charge in [-0.3, -0.25) is 14.8 Å². The molecule has 0 unspecified atom stereocenters. The summed E-state index contributed by atoms with van der Waals surface area (Å²) in [6.07, 6.45) is 5.41. The predicted octanol–water partition coefficient (Wildman–Crippen LogP) is 6.75. The van der Waals surface area contributed by atoms with E-state index >= 15 is 4.39 Å². The van der Waals surface area contributed by atoms with Gasteiger partial charge in [0.05, 0.1) is 27.1 Å². The summed E-state index contributed by atoms with van der Waals surface area (Å²) in [7, 11) is 0. The number of rotatable bonds is 6. The largest absolute Gasteiger partial charge is 0.453 e. The molecule has 2 aromatic carbocycles.